The minimum atomic E-state index is -0.536. The first-order valence-corrected chi connectivity index (χ1v) is 7.93. The van der Waals surface area contributed by atoms with Gasteiger partial charge < -0.3 is 16.4 Å². The number of anilines is 4. The third-order valence-corrected chi connectivity index (χ3v) is 3.77. The highest BCUT2D eigenvalue weighted by molar-refractivity contribution is 6.33. The van der Waals surface area contributed by atoms with E-state index in [-0.39, 0.29) is 0 Å². The van der Waals surface area contributed by atoms with E-state index in [2.05, 4.69) is 20.6 Å². The number of aryl methyl sites for hydroxylation is 1. The Bertz CT molecular complexity index is 912. The summed E-state index contributed by atoms with van der Waals surface area (Å²) in [6.07, 6.45) is 1.49. The van der Waals surface area contributed by atoms with Gasteiger partial charge in [-0.1, -0.05) is 41.4 Å². The molecular formula is C18H16ClN5O. The first-order valence-electron chi connectivity index (χ1n) is 7.55. The van der Waals surface area contributed by atoms with E-state index in [1.807, 2.05) is 31.2 Å². The van der Waals surface area contributed by atoms with Crippen molar-refractivity contribution in [2.75, 3.05) is 10.6 Å². The van der Waals surface area contributed by atoms with Gasteiger partial charge in [-0.2, -0.15) is 4.98 Å². The molecule has 1 amide bonds. The number of hydrogen-bond acceptors (Lipinski definition) is 5. The molecule has 0 unspecified atom stereocenters. The number of benzene rings is 2. The predicted octanol–water partition coefficient (Wildman–Crippen LogP) is 4.02. The van der Waals surface area contributed by atoms with Gasteiger partial charge in [-0.3, -0.25) is 4.79 Å². The highest BCUT2D eigenvalue weighted by atomic mass is 35.5. The van der Waals surface area contributed by atoms with E-state index >= 15 is 0 Å². The largest absolute Gasteiger partial charge is 0.366 e. The van der Waals surface area contributed by atoms with Crippen LogP contribution in [0, 0.1) is 6.92 Å². The molecule has 0 bridgehead atoms. The topological polar surface area (TPSA) is 92.9 Å². The lowest BCUT2D eigenvalue weighted by Gasteiger charge is -2.12. The zero-order valence-corrected chi connectivity index (χ0v) is 14.2. The number of amides is 1. The van der Waals surface area contributed by atoms with Crippen LogP contribution in [0.25, 0.3) is 0 Å². The summed E-state index contributed by atoms with van der Waals surface area (Å²) in [5, 5.41) is 6.47. The molecule has 0 atom stereocenters. The molecule has 1 heterocycles. The number of halogens is 1. The smallest absolute Gasteiger partial charge is 0.250 e. The molecule has 0 aliphatic rings. The van der Waals surface area contributed by atoms with Gasteiger partial charge in [-0.05, 0) is 31.2 Å². The molecular weight excluding hydrogens is 338 g/mol. The number of nitrogens with two attached hydrogens (primary N) is 1. The van der Waals surface area contributed by atoms with E-state index in [0.29, 0.717) is 28.0 Å². The molecule has 0 saturated carbocycles. The van der Waals surface area contributed by atoms with E-state index in [1.165, 1.54) is 6.20 Å². The molecule has 3 aromatic rings. The number of primary amides is 1. The lowest BCUT2D eigenvalue weighted by atomic mass is 10.1. The minimum Gasteiger partial charge on any atom is -0.366 e. The normalized spacial score (nSPS) is 10.3. The average Bonchev–Trinajstić information content (AvgIpc) is 2.60. The summed E-state index contributed by atoms with van der Waals surface area (Å²) in [5.74, 6) is 0.221. The second kappa shape index (κ2) is 7.19. The number of nitrogens with zero attached hydrogens (tertiary/aromatic N) is 2. The molecule has 0 fully saturated rings. The standard InChI is InChI=1S/C18H16ClN5O/c1-11-6-8-12(9-7-11)22-18-21-10-14(19)17(24-18)23-15-5-3-2-4-13(15)16(20)25/h2-10H,1H3,(H2,20,25)(H2,21,22,23,24). The van der Waals surface area contributed by atoms with Gasteiger partial charge in [0.15, 0.2) is 5.82 Å². The molecule has 7 heteroatoms. The maximum atomic E-state index is 11.5. The molecule has 3 rings (SSSR count). The number of nitrogens with one attached hydrogen (secondary N) is 2. The van der Waals surface area contributed by atoms with Gasteiger partial charge in [0, 0.05) is 5.69 Å². The van der Waals surface area contributed by atoms with Gasteiger partial charge in [0.2, 0.25) is 5.95 Å². The van der Waals surface area contributed by atoms with Crippen molar-refractivity contribution in [2.24, 2.45) is 5.73 Å². The molecule has 4 N–H and O–H groups in total. The van der Waals surface area contributed by atoms with Crippen molar-refractivity contribution in [3.8, 4) is 0 Å². The van der Waals surface area contributed by atoms with Gasteiger partial charge in [0.1, 0.15) is 5.02 Å². The van der Waals surface area contributed by atoms with E-state index in [1.54, 1.807) is 24.3 Å². The second-order valence-electron chi connectivity index (χ2n) is 5.42. The third-order valence-electron chi connectivity index (χ3n) is 3.50. The van der Waals surface area contributed by atoms with Crippen LogP contribution in [-0.4, -0.2) is 15.9 Å². The summed E-state index contributed by atoms with van der Waals surface area (Å²) >= 11 is 6.17. The summed E-state index contributed by atoms with van der Waals surface area (Å²) in [4.78, 5) is 20.1. The van der Waals surface area contributed by atoms with Crippen molar-refractivity contribution in [2.45, 2.75) is 6.92 Å². The zero-order chi connectivity index (χ0) is 17.8. The second-order valence-corrected chi connectivity index (χ2v) is 5.82. The molecule has 0 saturated heterocycles. The lowest BCUT2D eigenvalue weighted by Crippen LogP contribution is -2.13. The Morgan fingerprint density at radius 2 is 1.80 bits per heavy atom. The van der Waals surface area contributed by atoms with Crippen molar-refractivity contribution in [1.82, 2.24) is 9.97 Å². The summed E-state index contributed by atoms with van der Waals surface area (Å²) in [5.41, 5.74) is 8.29. The molecule has 2 aromatic carbocycles. The fourth-order valence-electron chi connectivity index (χ4n) is 2.22. The average molecular weight is 354 g/mol. The first kappa shape index (κ1) is 16.7. The van der Waals surface area contributed by atoms with Crippen molar-refractivity contribution >= 4 is 40.6 Å². The maximum Gasteiger partial charge on any atom is 0.250 e. The zero-order valence-electron chi connectivity index (χ0n) is 13.5. The summed E-state index contributed by atoms with van der Waals surface area (Å²) in [6, 6.07) is 14.7. The van der Waals surface area contributed by atoms with Crippen LogP contribution in [0.3, 0.4) is 0 Å². The van der Waals surface area contributed by atoms with Gasteiger partial charge >= 0.3 is 0 Å². The molecule has 126 valence electrons. The Balaban J connectivity index is 1.87. The van der Waals surface area contributed by atoms with E-state index in [4.69, 9.17) is 17.3 Å². The number of para-hydroxylation sites is 1. The fraction of sp³-hybridized carbons (Fsp3) is 0.0556. The molecule has 0 spiro atoms. The Hall–Kier alpha value is -3.12. The maximum absolute atomic E-state index is 11.5. The quantitative estimate of drug-likeness (QED) is 0.644. The molecule has 0 aliphatic carbocycles. The number of hydrogen-bond donors (Lipinski definition) is 3. The van der Waals surface area contributed by atoms with Crippen molar-refractivity contribution in [3.05, 3.63) is 70.9 Å². The SMILES string of the molecule is Cc1ccc(Nc2ncc(Cl)c(Nc3ccccc3C(N)=O)n2)cc1. The van der Waals surface area contributed by atoms with Crippen LogP contribution in [0.1, 0.15) is 15.9 Å². The van der Waals surface area contributed by atoms with Crippen LogP contribution in [0.5, 0.6) is 0 Å². The highest BCUT2D eigenvalue weighted by Gasteiger charge is 2.11. The van der Waals surface area contributed by atoms with Crippen molar-refractivity contribution in [3.63, 3.8) is 0 Å². The van der Waals surface area contributed by atoms with Crippen LogP contribution in [-0.2, 0) is 0 Å². The Labute approximate surface area is 150 Å². The molecule has 1 aromatic heterocycles. The van der Waals surface area contributed by atoms with Crippen molar-refractivity contribution < 1.29 is 4.79 Å². The highest BCUT2D eigenvalue weighted by Crippen LogP contribution is 2.26. The van der Waals surface area contributed by atoms with Gasteiger partial charge in [-0.25, -0.2) is 4.98 Å². The Kier molecular flexibility index (Phi) is 4.81. The molecule has 25 heavy (non-hydrogen) atoms. The van der Waals surface area contributed by atoms with Crippen LogP contribution in [0.2, 0.25) is 5.02 Å². The van der Waals surface area contributed by atoms with Crippen LogP contribution >= 0.6 is 11.6 Å². The third kappa shape index (κ3) is 4.05. The fourth-order valence-corrected chi connectivity index (χ4v) is 2.35. The predicted molar refractivity (Wildman–Crippen MR) is 99.7 cm³/mol. The number of aromatic nitrogens is 2. The number of rotatable bonds is 5. The van der Waals surface area contributed by atoms with Gasteiger partial charge in [-0.15, -0.1) is 0 Å². The monoisotopic (exact) mass is 353 g/mol. The Morgan fingerprint density at radius 1 is 1.08 bits per heavy atom. The van der Waals surface area contributed by atoms with Crippen LogP contribution in [0.4, 0.5) is 23.1 Å². The van der Waals surface area contributed by atoms with Gasteiger partial charge in [0.05, 0.1) is 17.4 Å². The Morgan fingerprint density at radius 3 is 2.52 bits per heavy atom. The molecule has 6 nitrogen and oxygen atoms in total. The van der Waals surface area contributed by atoms with Crippen LogP contribution in [0.15, 0.2) is 54.7 Å². The summed E-state index contributed by atoms with van der Waals surface area (Å²) in [6.45, 7) is 2.01. The van der Waals surface area contributed by atoms with Crippen molar-refractivity contribution in [1.29, 1.82) is 0 Å². The molecule has 0 radical (unpaired) electrons. The number of carbonyl (C=O) groups excluding carboxylic acids is 1. The van der Waals surface area contributed by atoms with E-state index < -0.39 is 5.91 Å². The first-order chi connectivity index (χ1) is 12.0. The summed E-state index contributed by atoms with van der Waals surface area (Å²) in [7, 11) is 0. The lowest BCUT2D eigenvalue weighted by molar-refractivity contribution is 0.100. The van der Waals surface area contributed by atoms with E-state index in [9.17, 15) is 4.79 Å². The van der Waals surface area contributed by atoms with Crippen LogP contribution < -0.4 is 16.4 Å². The van der Waals surface area contributed by atoms with Gasteiger partial charge in [0.25, 0.3) is 5.91 Å². The minimum absolute atomic E-state index is 0.328. The molecule has 0 aliphatic heterocycles. The number of carbonyl (C=O) groups is 1. The van der Waals surface area contributed by atoms with E-state index in [0.717, 1.165) is 11.3 Å². The summed E-state index contributed by atoms with van der Waals surface area (Å²) < 4.78 is 0.